The summed E-state index contributed by atoms with van der Waals surface area (Å²) in [6.45, 7) is 0.793. The topological polar surface area (TPSA) is 38.0 Å². The third kappa shape index (κ3) is 2.53. The average Bonchev–Trinajstić information content (AvgIpc) is 2.86. The summed E-state index contributed by atoms with van der Waals surface area (Å²) in [7, 11) is 0. The molecule has 2 nitrogen and oxygen atoms in total. The largest absolute Gasteiger partial charge is 0.329 e. The second-order valence-corrected chi connectivity index (χ2v) is 5.42. The van der Waals surface area contributed by atoms with Gasteiger partial charge in [-0.2, -0.15) is 11.8 Å². The van der Waals surface area contributed by atoms with Gasteiger partial charge in [-0.25, -0.2) is 0 Å². The molecule has 0 spiro atoms. The first kappa shape index (κ1) is 10.5. The fourth-order valence-electron chi connectivity index (χ4n) is 2.32. The van der Waals surface area contributed by atoms with Gasteiger partial charge >= 0.3 is 0 Å². The molecule has 14 heavy (non-hydrogen) atoms. The van der Waals surface area contributed by atoms with Gasteiger partial charge in [0.2, 0.25) is 0 Å². The number of nitrogens with two attached hydrogens (primary N) is 1. The van der Waals surface area contributed by atoms with Crippen LogP contribution in [0.1, 0.15) is 19.3 Å². The molecule has 1 fully saturated rings. The number of hydrogen-bond donors (Lipinski definition) is 2. The first-order chi connectivity index (χ1) is 6.90. The summed E-state index contributed by atoms with van der Waals surface area (Å²) < 4.78 is 0. The quantitative estimate of drug-likeness (QED) is 0.691. The van der Waals surface area contributed by atoms with Crippen molar-refractivity contribution in [1.29, 1.82) is 0 Å². The van der Waals surface area contributed by atoms with Gasteiger partial charge < -0.3 is 11.1 Å². The van der Waals surface area contributed by atoms with Gasteiger partial charge in [0.1, 0.15) is 0 Å². The van der Waals surface area contributed by atoms with Crippen LogP contribution < -0.4 is 11.1 Å². The van der Waals surface area contributed by atoms with Crippen molar-refractivity contribution in [2.45, 2.75) is 31.3 Å². The molecule has 0 amide bonds. The van der Waals surface area contributed by atoms with E-state index in [1.807, 2.05) is 0 Å². The standard InChI is InChI=1S/C11H20N2S/c12-7-11(9-5-6-14-8-9)13-10-3-1-2-4-10/h1-2,9-11,13H,3-8,12H2. The Bertz CT molecular complexity index is 191. The second-order valence-electron chi connectivity index (χ2n) is 4.27. The molecule has 1 aliphatic heterocycles. The van der Waals surface area contributed by atoms with Crippen molar-refractivity contribution < 1.29 is 0 Å². The zero-order chi connectivity index (χ0) is 9.80. The Labute approximate surface area is 90.7 Å². The lowest BCUT2D eigenvalue weighted by atomic mass is 9.98. The minimum atomic E-state index is 0.551. The minimum Gasteiger partial charge on any atom is -0.329 e. The summed E-state index contributed by atoms with van der Waals surface area (Å²) in [6.07, 6.45) is 8.27. The molecule has 2 aliphatic rings. The second kappa shape index (κ2) is 5.19. The van der Waals surface area contributed by atoms with Gasteiger partial charge in [-0.1, -0.05) is 12.2 Å². The highest BCUT2D eigenvalue weighted by Gasteiger charge is 2.26. The average molecular weight is 212 g/mol. The van der Waals surface area contributed by atoms with E-state index in [0.717, 1.165) is 12.5 Å². The van der Waals surface area contributed by atoms with Gasteiger partial charge in [0.05, 0.1) is 0 Å². The molecule has 0 aromatic rings. The van der Waals surface area contributed by atoms with E-state index in [9.17, 15) is 0 Å². The maximum absolute atomic E-state index is 5.84. The van der Waals surface area contributed by atoms with E-state index in [-0.39, 0.29) is 0 Å². The summed E-state index contributed by atoms with van der Waals surface area (Å²) in [5.41, 5.74) is 5.84. The fraction of sp³-hybridized carbons (Fsp3) is 0.818. The Morgan fingerprint density at radius 1 is 1.43 bits per heavy atom. The van der Waals surface area contributed by atoms with Crippen LogP contribution in [0, 0.1) is 5.92 Å². The molecule has 0 bridgehead atoms. The van der Waals surface area contributed by atoms with Gasteiger partial charge in [-0.15, -0.1) is 0 Å². The van der Waals surface area contributed by atoms with Crippen molar-refractivity contribution in [3.63, 3.8) is 0 Å². The Morgan fingerprint density at radius 3 is 2.79 bits per heavy atom. The van der Waals surface area contributed by atoms with Crippen LogP contribution in [0.25, 0.3) is 0 Å². The zero-order valence-corrected chi connectivity index (χ0v) is 9.43. The van der Waals surface area contributed by atoms with Crippen molar-refractivity contribution in [3.05, 3.63) is 12.2 Å². The third-order valence-electron chi connectivity index (χ3n) is 3.25. The summed E-state index contributed by atoms with van der Waals surface area (Å²) in [6, 6.07) is 1.21. The Kier molecular flexibility index (Phi) is 3.90. The van der Waals surface area contributed by atoms with E-state index in [1.165, 1.54) is 30.8 Å². The van der Waals surface area contributed by atoms with Gasteiger partial charge in [-0.3, -0.25) is 0 Å². The first-order valence-electron chi connectivity index (χ1n) is 5.59. The van der Waals surface area contributed by atoms with Crippen LogP contribution in [-0.4, -0.2) is 30.1 Å². The van der Waals surface area contributed by atoms with E-state index in [4.69, 9.17) is 5.73 Å². The lowest BCUT2D eigenvalue weighted by Gasteiger charge is -2.26. The molecule has 0 aromatic carbocycles. The zero-order valence-electron chi connectivity index (χ0n) is 8.61. The first-order valence-corrected chi connectivity index (χ1v) is 6.74. The van der Waals surface area contributed by atoms with Crippen LogP contribution in [0.4, 0.5) is 0 Å². The van der Waals surface area contributed by atoms with E-state index < -0.39 is 0 Å². The van der Waals surface area contributed by atoms with Gasteiger partial charge in [0.25, 0.3) is 0 Å². The van der Waals surface area contributed by atoms with Crippen molar-refractivity contribution in [2.24, 2.45) is 11.7 Å². The molecule has 2 atom stereocenters. The van der Waals surface area contributed by atoms with Gasteiger partial charge in [0.15, 0.2) is 0 Å². The molecule has 80 valence electrons. The number of thioether (sulfide) groups is 1. The highest BCUT2D eigenvalue weighted by molar-refractivity contribution is 7.99. The maximum atomic E-state index is 5.84. The van der Waals surface area contributed by atoms with Crippen LogP contribution in [-0.2, 0) is 0 Å². The summed E-state index contributed by atoms with van der Waals surface area (Å²) in [4.78, 5) is 0. The molecule has 0 aromatic heterocycles. The van der Waals surface area contributed by atoms with Gasteiger partial charge in [-0.05, 0) is 36.7 Å². The van der Waals surface area contributed by atoms with Gasteiger partial charge in [0, 0.05) is 18.6 Å². The molecule has 3 heteroatoms. The molecule has 1 saturated heterocycles. The molecule has 2 rings (SSSR count). The number of nitrogens with one attached hydrogen (secondary N) is 1. The molecule has 0 saturated carbocycles. The predicted octanol–water partition coefficient (Wildman–Crippen LogP) is 1.37. The molecule has 1 aliphatic carbocycles. The van der Waals surface area contributed by atoms with Crippen LogP contribution in [0.3, 0.4) is 0 Å². The third-order valence-corrected chi connectivity index (χ3v) is 4.43. The van der Waals surface area contributed by atoms with E-state index in [1.54, 1.807) is 0 Å². The highest BCUT2D eigenvalue weighted by atomic mass is 32.2. The summed E-state index contributed by atoms with van der Waals surface area (Å²) in [5, 5.41) is 3.71. The van der Waals surface area contributed by atoms with E-state index in [2.05, 4.69) is 29.2 Å². The Balaban J connectivity index is 1.79. The Hall–Kier alpha value is 0.01000. The summed E-state index contributed by atoms with van der Waals surface area (Å²) >= 11 is 2.07. The highest BCUT2D eigenvalue weighted by Crippen LogP contribution is 2.26. The predicted molar refractivity (Wildman–Crippen MR) is 63.6 cm³/mol. The van der Waals surface area contributed by atoms with Crippen LogP contribution in [0.5, 0.6) is 0 Å². The fourth-order valence-corrected chi connectivity index (χ4v) is 3.66. The SMILES string of the molecule is NCC(NC1CC=CC1)C1CCSC1. The van der Waals surface area contributed by atoms with Crippen LogP contribution >= 0.6 is 11.8 Å². The molecular formula is C11H20N2S. The molecular weight excluding hydrogens is 192 g/mol. The van der Waals surface area contributed by atoms with Crippen molar-refractivity contribution >= 4 is 11.8 Å². The monoisotopic (exact) mass is 212 g/mol. The maximum Gasteiger partial charge on any atom is 0.0229 e. The Morgan fingerprint density at radius 2 is 2.21 bits per heavy atom. The molecule has 0 radical (unpaired) electrons. The normalized spacial score (nSPS) is 29.9. The smallest absolute Gasteiger partial charge is 0.0229 e. The van der Waals surface area contributed by atoms with Crippen molar-refractivity contribution in [2.75, 3.05) is 18.1 Å². The van der Waals surface area contributed by atoms with E-state index >= 15 is 0 Å². The van der Waals surface area contributed by atoms with Crippen molar-refractivity contribution in [3.8, 4) is 0 Å². The number of rotatable bonds is 4. The number of hydrogen-bond acceptors (Lipinski definition) is 3. The molecule has 1 heterocycles. The van der Waals surface area contributed by atoms with Crippen molar-refractivity contribution in [1.82, 2.24) is 5.32 Å². The molecule has 3 N–H and O–H groups in total. The van der Waals surface area contributed by atoms with Crippen LogP contribution in [0.15, 0.2) is 12.2 Å². The van der Waals surface area contributed by atoms with Crippen LogP contribution in [0.2, 0.25) is 0 Å². The summed E-state index contributed by atoms with van der Waals surface area (Å²) in [5.74, 6) is 3.44. The lowest BCUT2D eigenvalue weighted by Crippen LogP contribution is -2.46. The lowest BCUT2D eigenvalue weighted by molar-refractivity contribution is 0.349. The minimum absolute atomic E-state index is 0.551. The van der Waals surface area contributed by atoms with E-state index in [0.29, 0.717) is 12.1 Å². The molecule has 2 unspecified atom stereocenters.